The van der Waals surface area contributed by atoms with Crippen molar-refractivity contribution in [2.75, 3.05) is 12.0 Å². The van der Waals surface area contributed by atoms with Crippen molar-refractivity contribution in [3.63, 3.8) is 0 Å². The summed E-state index contributed by atoms with van der Waals surface area (Å²) in [4.78, 5) is 27.6. The van der Waals surface area contributed by atoms with Crippen LogP contribution in [0.2, 0.25) is 0 Å². The highest BCUT2D eigenvalue weighted by Gasteiger charge is 2.34. The summed E-state index contributed by atoms with van der Waals surface area (Å²) < 4.78 is 13.1. The Morgan fingerprint density at radius 1 is 0.951 bits per heavy atom. The zero-order valence-electron chi connectivity index (χ0n) is 22.7. The SMILES string of the molecule is COc1ccc(N2C(=O)/C(=C/c3cc(C)n(-c4ccc(OCc5ccccc5C#N)cc4)c3C)C(=O)NC2=S)cc1. The van der Waals surface area contributed by atoms with Crippen LogP contribution in [0.25, 0.3) is 11.8 Å². The zero-order chi connectivity index (χ0) is 29.1. The van der Waals surface area contributed by atoms with Gasteiger partial charge in [-0.15, -0.1) is 0 Å². The summed E-state index contributed by atoms with van der Waals surface area (Å²) in [7, 11) is 1.56. The van der Waals surface area contributed by atoms with E-state index in [0.717, 1.165) is 28.2 Å². The monoisotopic (exact) mass is 562 g/mol. The summed E-state index contributed by atoms with van der Waals surface area (Å²) >= 11 is 5.31. The van der Waals surface area contributed by atoms with Crippen LogP contribution in [0.1, 0.15) is 28.1 Å². The number of carbonyl (C=O) groups is 2. The molecular formula is C32H26N4O4S. The van der Waals surface area contributed by atoms with E-state index in [1.165, 1.54) is 4.90 Å². The zero-order valence-corrected chi connectivity index (χ0v) is 23.5. The number of hydrogen-bond acceptors (Lipinski definition) is 6. The highest BCUT2D eigenvalue weighted by atomic mass is 32.1. The van der Waals surface area contributed by atoms with Crippen LogP contribution in [0.3, 0.4) is 0 Å². The molecule has 0 atom stereocenters. The van der Waals surface area contributed by atoms with E-state index in [4.69, 9.17) is 21.7 Å². The second-order valence-electron chi connectivity index (χ2n) is 9.37. The fraction of sp³-hybridized carbons (Fsp3) is 0.125. The van der Waals surface area contributed by atoms with E-state index in [2.05, 4.69) is 11.4 Å². The number of anilines is 1. The third kappa shape index (κ3) is 5.46. The minimum Gasteiger partial charge on any atom is -0.497 e. The van der Waals surface area contributed by atoms with Gasteiger partial charge in [0.1, 0.15) is 23.7 Å². The van der Waals surface area contributed by atoms with Crippen LogP contribution < -0.4 is 19.7 Å². The lowest BCUT2D eigenvalue weighted by molar-refractivity contribution is -0.122. The fourth-order valence-electron chi connectivity index (χ4n) is 4.72. The Labute approximate surface area is 243 Å². The average Bonchev–Trinajstić information content (AvgIpc) is 3.26. The third-order valence-corrected chi connectivity index (χ3v) is 7.11. The van der Waals surface area contributed by atoms with E-state index < -0.39 is 11.8 Å². The van der Waals surface area contributed by atoms with Gasteiger partial charge in [0.2, 0.25) is 0 Å². The van der Waals surface area contributed by atoms with Gasteiger partial charge in [0.05, 0.1) is 24.4 Å². The molecule has 3 aromatic carbocycles. The molecule has 204 valence electrons. The van der Waals surface area contributed by atoms with Gasteiger partial charge in [0.25, 0.3) is 11.8 Å². The minimum atomic E-state index is -0.547. The van der Waals surface area contributed by atoms with Gasteiger partial charge in [-0.05, 0) is 98.4 Å². The van der Waals surface area contributed by atoms with Crippen molar-refractivity contribution in [2.45, 2.75) is 20.5 Å². The maximum Gasteiger partial charge on any atom is 0.270 e. The lowest BCUT2D eigenvalue weighted by Gasteiger charge is -2.29. The first-order valence-corrected chi connectivity index (χ1v) is 13.2. The number of nitriles is 1. The normalized spacial score (nSPS) is 14.1. The number of hydrogen-bond donors (Lipinski definition) is 1. The van der Waals surface area contributed by atoms with Gasteiger partial charge < -0.3 is 14.0 Å². The van der Waals surface area contributed by atoms with Crippen LogP contribution in [-0.4, -0.2) is 28.6 Å². The van der Waals surface area contributed by atoms with Crippen LogP contribution in [-0.2, 0) is 16.2 Å². The number of nitrogens with zero attached hydrogens (tertiary/aromatic N) is 3. The number of rotatable bonds is 7. The number of aromatic nitrogens is 1. The Morgan fingerprint density at radius 2 is 1.61 bits per heavy atom. The van der Waals surface area contributed by atoms with Gasteiger partial charge in [-0.2, -0.15) is 5.26 Å². The Morgan fingerprint density at radius 3 is 2.29 bits per heavy atom. The molecule has 41 heavy (non-hydrogen) atoms. The van der Waals surface area contributed by atoms with E-state index in [9.17, 15) is 14.9 Å². The lowest BCUT2D eigenvalue weighted by atomic mass is 10.1. The van der Waals surface area contributed by atoms with Crippen LogP contribution in [0.5, 0.6) is 11.5 Å². The molecule has 1 aliphatic rings. The first-order valence-electron chi connectivity index (χ1n) is 12.8. The van der Waals surface area contributed by atoms with Gasteiger partial charge in [-0.1, -0.05) is 18.2 Å². The van der Waals surface area contributed by atoms with E-state index in [0.29, 0.717) is 22.7 Å². The highest BCUT2D eigenvalue weighted by Crippen LogP contribution is 2.28. The smallest absolute Gasteiger partial charge is 0.270 e. The molecule has 0 bridgehead atoms. The topological polar surface area (TPSA) is 96.6 Å². The number of thiocarbonyl (C=S) groups is 1. The molecule has 1 aromatic heterocycles. The number of carbonyl (C=O) groups excluding carboxylic acids is 2. The molecule has 2 amide bonds. The van der Waals surface area contributed by atoms with Gasteiger partial charge in [-0.25, -0.2) is 0 Å². The number of ether oxygens (including phenoxy) is 2. The number of aryl methyl sites for hydroxylation is 1. The van der Waals surface area contributed by atoms with Crippen molar-refractivity contribution in [2.24, 2.45) is 0 Å². The second kappa shape index (κ2) is 11.5. The van der Waals surface area contributed by atoms with E-state index in [1.54, 1.807) is 43.5 Å². The number of benzene rings is 3. The summed E-state index contributed by atoms with van der Waals surface area (Å²) in [6.07, 6.45) is 1.60. The number of amides is 2. The van der Waals surface area contributed by atoms with E-state index >= 15 is 0 Å². The standard InChI is InChI=1S/C32H26N4O4S/c1-20-16-24(17-29-30(37)34-32(41)36(31(29)38)26-8-12-27(39-3)13-9-26)21(2)35(20)25-10-14-28(15-11-25)40-19-23-7-5-4-6-22(23)18-33/h4-17H,19H2,1-3H3,(H,34,37,41)/b29-17+. The van der Waals surface area contributed by atoms with Crippen LogP contribution >= 0.6 is 12.2 Å². The van der Waals surface area contributed by atoms with Crippen molar-refractivity contribution in [3.05, 3.63) is 113 Å². The third-order valence-electron chi connectivity index (χ3n) is 6.83. The van der Waals surface area contributed by atoms with Crippen molar-refractivity contribution in [3.8, 4) is 23.3 Å². The summed E-state index contributed by atoms with van der Waals surface area (Å²) in [5.41, 5.74) is 5.33. The van der Waals surface area contributed by atoms with Gasteiger partial charge in [0.15, 0.2) is 5.11 Å². The molecule has 0 unspecified atom stereocenters. The predicted molar refractivity (Wildman–Crippen MR) is 160 cm³/mol. The molecule has 2 heterocycles. The molecule has 1 aliphatic heterocycles. The summed E-state index contributed by atoms with van der Waals surface area (Å²) in [5.74, 6) is 0.257. The predicted octanol–water partition coefficient (Wildman–Crippen LogP) is 5.38. The molecule has 0 spiro atoms. The van der Waals surface area contributed by atoms with E-state index in [-0.39, 0.29) is 17.3 Å². The Kier molecular flexibility index (Phi) is 7.68. The van der Waals surface area contributed by atoms with Gasteiger partial charge in [0, 0.05) is 22.6 Å². The first kappa shape index (κ1) is 27.4. The quantitative estimate of drug-likeness (QED) is 0.184. The molecule has 8 nitrogen and oxygen atoms in total. The fourth-order valence-corrected chi connectivity index (χ4v) is 5.00. The molecule has 1 saturated heterocycles. The van der Waals surface area contributed by atoms with Crippen molar-refractivity contribution >= 4 is 40.9 Å². The second-order valence-corrected chi connectivity index (χ2v) is 9.76. The van der Waals surface area contributed by atoms with Crippen LogP contribution in [0.4, 0.5) is 5.69 Å². The minimum absolute atomic E-state index is 0.0175. The number of nitrogens with one attached hydrogen (secondary N) is 1. The van der Waals surface area contributed by atoms with Crippen molar-refractivity contribution in [1.82, 2.24) is 9.88 Å². The highest BCUT2D eigenvalue weighted by molar-refractivity contribution is 7.80. The molecule has 4 aromatic rings. The molecule has 5 rings (SSSR count). The number of methoxy groups -OCH3 is 1. The summed E-state index contributed by atoms with van der Waals surface area (Å²) in [6, 6.07) is 25.9. The molecule has 0 radical (unpaired) electrons. The van der Waals surface area contributed by atoms with Crippen LogP contribution in [0, 0.1) is 25.2 Å². The summed E-state index contributed by atoms with van der Waals surface area (Å²) in [6.45, 7) is 4.18. The molecule has 9 heteroatoms. The molecule has 1 fully saturated rings. The average molecular weight is 563 g/mol. The Hall–Kier alpha value is -5.20. The maximum atomic E-state index is 13.5. The Bertz CT molecular complexity index is 1730. The van der Waals surface area contributed by atoms with Gasteiger partial charge >= 0.3 is 0 Å². The molecule has 0 saturated carbocycles. The van der Waals surface area contributed by atoms with Crippen LogP contribution in [0.15, 0.2) is 84.4 Å². The molecule has 0 aliphatic carbocycles. The molecule has 1 N–H and O–H groups in total. The first-order chi connectivity index (χ1) is 19.8. The van der Waals surface area contributed by atoms with E-state index in [1.807, 2.05) is 66.9 Å². The maximum absolute atomic E-state index is 13.5. The van der Waals surface area contributed by atoms with Crippen molar-refractivity contribution in [1.29, 1.82) is 5.26 Å². The largest absolute Gasteiger partial charge is 0.497 e. The van der Waals surface area contributed by atoms with Gasteiger partial charge in [-0.3, -0.25) is 19.8 Å². The van der Waals surface area contributed by atoms with Crippen molar-refractivity contribution < 1.29 is 19.1 Å². The lowest BCUT2D eigenvalue weighted by Crippen LogP contribution is -2.54. The Balaban J connectivity index is 1.39. The molecular weight excluding hydrogens is 536 g/mol. The summed E-state index contributed by atoms with van der Waals surface area (Å²) in [5, 5.41) is 11.9.